The molecule has 0 fully saturated rings. The summed E-state index contributed by atoms with van der Waals surface area (Å²) in [6.07, 6.45) is 1.78. The Bertz CT molecular complexity index is 707. The standard InChI is InChI=1S/C19H26N2O5/c1-13-16(14(2)26-21-13)12-25-17-8-7-15(11-18(17)24-4)19(22)20-9-5-6-10-23-3/h7-8,11H,5-6,9-10,12H2,1-4H3,(H,20,22). The second-order valence-electron chi connectivity index (χ2n) is 5.91. The lowest BCUT2D eigenvalue weighted by Gasteiger charge is -2.12. The van der Waals surface area contributed by atoms with Crippen LogP contribution < -0.4 is 14.8 Å². The summed E-state index contributed by atoms with van der Waals surface area (Å²) in [7, 11) is 3.21. The van der Waals surface area contributed by atoms with Gasteiger partial charge in [-0.15, -0.1) is 0 Å². The molecule has 0 radical (unpaired) electrons. The molecule has 0 bridgehead atoms. The van der Waals surface area contributed by atoms with Gasteiger partial charge in [-0.25, -0.2) is 0 Å². The minimum Gasteiger partial charge on any atom is -0.493 e. The number of hydrogen-bond donors (Lipinski definition) is 1. The molecule has 1 N–H and O–H groups in total. The van der Waals surface area contributed by atoms with Gasteiger partial charge < -0.3 is 24.1 Å². The van der Waals surface area contributed by atoms with E-state index in [1.807, 2.05) is 13.8 Å². The number of carbonyl (C=O) groups excluding carboxylic acids is 1. The molecule has 0 aliphatic heterocycles. The number of unbranched alkanes of at least 4 members (excludes halogenated alkanes) is 1. The predicted molar refractivity (Wildman–Crippen MR) is 96.7 cm³/mol. The third-order valence-corrected chi connectivity index (χ3v) is 4.04. The first-order valence-corrected chi connectivity index (χ1v) is 8.56. The highest BCUT2D eigenvalue weighted by atomic mass is 16.5. The first-order valence-electron chi connectivity index (χ1n) is 8.56. The van der Waals surface area contributed by atoms with Gasteiger partial charge in [-0.3, -0.25) is 4.79 Å². The summed E-state index contributed by atoms with van der Waals surface area (Å²) < 4.78 is 21.3. The van der Waals surface area contributed by atoms with Gasteiger partial charge in [-0.05, 0) is 44.9 Å². The van der Waals surface area contributed by atoms with E-state index < -0.39 is 0 Å². The number of methoxy groups -OCH3 is 2. The first-order chi connectivity index (χ1) is 12.6. The van der Waals surface area contributed by atoms with Gasteiger partial charge in [-0.1, -0.05) is 5.16 Å². The molecule has 26 heavy (non-hydrogen) atoms. The van der Waals surface area contributed by atoms with Gasteiger partial charge in [0, 0.05) is 25.8 Å². The van der Waals surface area contributed by atoms with Crippen molar-refractivity contribution in [1.82, 2.24) is 10.5 Å². The molecule has 0 aliphatic carbocycles. The zero-order valence-electron chi connectivity index (χ0n) is 15.8. The fourth-order valence-electron chi connectivity index (χ4n) is 2.46. The summed E-state index contributed by atoms with van der Waals surface area (Å²) in [5, 5.41) is 6.79. The number of hydrogen-bond acceptors (Lipinski definition) is 6. The third-order valence-electron chi connectivity index (χ3n) is 4.04. The monoisotopic (exact) mass is 362 g/mol. The van der Waals surface area contributed by atoms with E-state index in [4.69, 9.17) is 18.7 Å². The highest BCUT2D eigenvalue weighted by molar-refractivity contribution is 5.94. The molecule has 1 aromatic carbocycles. The molecule has 142 valence electrons. The van der Waals surface area contributed by atoms with Crippen LogP contribution >= 0.6 is 0 Å². The number of carbonyl (C=O) groups is 1. The van der Waals surface area contributed by atoms with E-state index >= 15 is 0 Å². The number of aryl methyl sites for hydroxylation is 2. The Morgan fingerprint density at radius 2 is 2.00 bits per heavy atom. The van der Waals surface area contributed by atoms with Gasteiger partial charge in [0.15, 0.2) is 11.5 Å². The predicted octanol–water partition coefficient (Wildman–Crippen LogP) is 3.04. The first kappa shape index (κ1) is 19.8. The van der Waals surface area contributed by atoms with E-state index in [2.05, 4.69) is 10.5 Å². The Kier molecular flexibility index (Phi) is 7.47. The number of nitrogens with one attached hydrogen (secondary N) is 1. The molecule has 0 saturated carbocycles. The molecule has 0 saturated heterocycles. The van der Waals surface area contributed by atoms with Crippen molar-refractivity contribution in [3.63, 3.8) is 0 Å². The van der Waals surface area contributed by atoms with Crippen LogP contribution in [0.5, 0.6) is 11.5 Å². The van der Waals surface area contributed by atoms with Crippen LogP contribution in [0.4, 0.5) is 0 Å². The molecule has 1 aromatic heterocycles. The van der Waals surface area contributed by atoms with Crippen molar-refractivity contribution in [2.75, 3.05) is 27.4 Å². The Labute approximate surface area is 153 Å². The van der Waals surface area contributed by atoms with Gasteiger partial charge in [-0.2, -0.15) is 0 Å². The molecule has 1 heterocycles. The minimum atomic E-state index is -0.141. The molecule has 7 heteroatoms. The quantitative estimate of drug-likeness (QED) is 0.654. The Morgan fingerprint density at radius 3 is 2.65 bits per heavy atom. The highest BCUT2D eigenvalue weighted by Crippen LogP contribution is 2.29. The minimum absolute atomic E-state index is 0.141. The van der Waals surface area contributed by atoms with Crippen LogP contribution in [0.3, 0.4) is 0 Å². The third kappa shape index (κ3) is 5.23. The number of rotatable bonds is 10. The average molecular weight is 362 g/mol. The molecule has 1 amide bonds. The molecule has 2 rings (SSSR count). The van der Waals surface area contributed by atoms with Gasteiger partial charge >= 0.3 is 0 Å². The summed E-state index contributed by atoms with van der Waals surface area (Å²) in [6, 6.07) is 5.12. The van der Waals surface area contributed by atoms with Crippen LogP contribution in [-0.2, 0) is 11.3 Å². The summed E-state index contributed by atoms with van der Waals surface area (Å²) >= 11 is 0. The molecule has 0 aliphatic rings. The van der Waals surface area contributed by atoms with Crippen molar-refractivity contribution in [1.29, 1.82) is 0 Å². The van der Waals surface area contributed by atoms with Crippen LogP contribution in [0.1, 0.15) is 40.2 Å². The highest BCUT2D eigenvalue weighted by Gasteiger charge is 2.14. The van der Waals surface area contributed by atoms with E-state index in [0.29, 0.717) is 36.8 Å². The maximum absolute atomic E-state index is 12.2. The van der Waals surface area contributed by atoms with Gasteiger partial charge in [0.2, 0.25) is 0 Å². The average Bonchev–Trinajstić information content (AvgIpc) is 2.97. The van der Waals surface area contributed by atoms with E-state index in [9.17, 15) is 4.79 Å². The Balaban J connectivity index is 1.97. The summed E-state index contributed by atoms with van der Waals surface area (Å²) in [6.45, 7) is 5.33. The molecule has 2 aromatic rings. The lowest BCUT2D eigenvalue weighted by Crippen LogP contribution is -2.24. The number of aromatic nitrogens is 1. The van der Waals surface area contributed by atoms with Gasteiger partial charge in [0.05, 0.1) is 18.4 Å². The molecular formula is C19H26N2O5. The van der Waals surface area contributed by atoms with E-state index in [0.717, 1.165) is 29.9 Å². The van der Waals surface area contributed by atoms with Crippen LogP contribution in [-0.4, -0.2) is 38.4 Å². The molecule has 0 spiro atoms. The van der Waals surface area contributed by atoms with Crippen LogP contribution in [0.2, 0.25) is 0 Å². The Morgan fingerprint density at radius 1 is 1.19 bits per heavy atom. The summed E-state index contributed by atoms with van der Waals surface area (Å²) in [4.78, 5) is 12.2. The zero-order valence-corrected chi connectivity index (χ0v) is 15.8. The Hall–Kier alpha value is -2.54. The van der Waals surface area contributed by atoms with Crippen molar-refractivity contribution in [3.8, 4) is 11.5 Å². The van der Waals surface area contributed by atoms with Crippen molar-refractivity contribution < 1.29 is 23.5 Å². The van der Waals surface area contributed by atoms with Crippen molar-refractivity contribution in [3.05, 3.63) is 40.8 Å². The number of ether oxygens (including phenoxy) is 3. The van der Waals surface area contributed by atoms with Gasteiger partial charge in [0.1, 0.15) is 12.4 Å². The lowest BCUT2D eigenvalue weighted by atomic mass is 10.1. The molecule has 0 unspecified atom stereocenters. The largest absolute Gasteiger partial charge is 0.493 e. The zero-order chi connectivity index (χ0) is 18.9. The molecule has 7 nitrogen and oxygen atoms in total. The maximum atomic E-state index is 12.2. The van der Waals surface area contributed by atoms with E-state index in [1.54, 1.807) is 32.4 Å². The van der Waals surface area contributed by atoms with Crippen molar-refractivity contribution in [2.45, 2.75) is 33.3 Å². The van der Waals surface area contributed by atoms with Crippen LogP contribution in [0.15, 0.2) is 22.7 Å². The maximum Gasteiger partial charge on any atom is 0.251 e. The second kappa shape index (κ2) is 9.82. The van der Waals surface area contributed by atoms with Gasteiger partial charge in [0.25, 0.3) is 5.91 Å². The molecule has 0 atom stereocenters. The number of benzene rings is 1. The normalized spacial score (nSPS) is 10.6. The number of amides is 1. The van der Waals surface area contributed by atoms with Crippen molar-refractivity contribution >= 4 is 5.91 Å². The van der Waals surface area contributed by atoms with Crippen LogP contribution in [0.25, 0.3) is 0 Å². The van der Waals surface area contributed by atoms with E-state index in [-0.39, 0.29) is 5.91 Å². The van der Waals surface area contributed by atoms with Crippen LogP contribution in [0, 0.1) is 13.8 Å². The second-order valence-corrected chi connectivity index (χ2v) is 5.91. The molecular weight excluding hydrogens is 336 g/mol. The summed E-state index contributed by atoms with van der Waals surface area (Å²) in [5.41, 5.74) is 2.23. The fraction of sp³-hybridized carbons (Fsp3) is 0.474. The number of nitrogens with zero attached hydrogens (tertiary/aromatic N) is 1. The fourth-order valence-corrected chi connectivity index (χ4v) is 2.46. The SMILES string of the molecule is COCCCCNC(=O)c1ccc(OCc2c(C)noc2C)c(OC)c1. The van der Waals surface area contributed by atoms with Crippen molar-refractivity contribution in [2.24, 2.45) is 0 Å². The smallest absolute Gasteiger partial charge is 0.251 e. The topological polar surface area (TPSA) is 82.8 Å². The van der Waals surface area contributed by atoms with E-state index in [1.165, 1.54) is 0 Å². The summed E-state index contributed by atoms with van der Waals surface area (Å²) in [5.74, 6) is 1.65. The lowest BCUT2D eigenvalue weighted by molar-refractivity contribution is 0.0951.